The minimum atomic E-state index is 0.562. The molecule has 0 atom stereocenters. The van der Waals surface area contributed by atoms with Gasteiger partial charge >= 0.3 is 0 Å². The highest BCUT2D eigenvalue weighted by Gasteiger charge is 2.07. The third-order valence-electron chi connectivity index (χ3n) is 3.82. The zero-order chi connectivity index (χ0) is 14.8. The predicted octanol–water partition coefficient (Wildman–Crippen LogP) is 3.52. The largest absolute Gasteiger partial charge is 0.487 e. The molecule has 3 heteroatoms. The highest BCUT2D eigenvalue weighted by molar-refractivity contribution is 5.82. The molecule has 0 amide bonds. The van der Waals surface area contributed by atoms with E-state index in [1.165, 1.54) is 16.5 Å². The molecule has 0 radical (unpaired) electrons. The summed E-state index contributed by atoms with van der Waals surface area (Å²) in [6.07, 6.45) is 0. The normalized spacial score (nSPS) is 11.0. The van der Waals surface area contributed by atoms with Crippen molar-refractivity contribution >= 4 is 10.9 Å². The fourth-order valence-electron chi connectivity index (χ4n) is 2.58. The van der Waals surface area contributed by atoms with Crippen molar-refractivity contribution < 1.29 is 4.74 Å². The Kier molecular flexibility index (Phi) is 3.67. The van der Waals surface area contributed by atoms with Crippen LogP contribution < -0.4 is 10.5 Å². The molecule has 2 aromatic carbocycles. The Morgan fingerprint density at radius 3 is 2.71 bits per heavy atom. The third kappa shape index (κ3) is 2.78. The fraction of sp³-hybridized carbons (Fsp3) is 0.222. The SMILES string of the molecule is Cc1cccc(OCc2cc3cc(CN)ccc3n2C)c1. The molecule has 0 saturated heterocycles. The second-order valence-corrected chi connectivity index (χ2v) is 5.40. The number of ether oxygens (including phenoxy) is 1. The molecule has 0 aliphatic heterocycles. The lowest BCUT2D eigenvalue weighted by atomic mass is 10.1. The van der Waals surface area contributed by atoms with Crippen LogP contribution in [0, 0.1) is 6.92 Å². The molecule has 21 heavy (non-hydrogen) atoms. The Balaban J connectivity index is 1.85. The van der Waals surface area contributed by atoms with Crippen molar-refractivity contribution in [3.8, 4) is 5.75 Å². The van der Waals surface area contributed by atoms with E-state index >= 15 is 0 Å². The van der Waals surface area contributed by atoms with Gasteiger partial charge in [-0.1, -0.05) is 18.2 Å². The molecule has 2 N–H and O–H groups in total. The second kappa shape index (κ2) is 5.62. The van der Waals surface area contributed by atoms with Crippen molar-refractivity contribution in [1.29, 1.82) is 0 Å². The van der Waals surface area contributed by atoms with E-state index in [0.717, 1.165) is 17.0 Å². The number of benzene rings is 2. The van der Waals surface area contributed by atoms with Crippen LogP contribution in [-0.4, -0.2) is 4.57 Å². The van der Waals surface area contributed by atoms with Gasteiger partial charge in [-0.25, -0.2) is 0 Å². The molecule has 0 aliphatic carbocycles. The van der Waals surface area contributed by atoms with E-state index in [-0.39, 0.29) is 0 Å². The first kappa shape index (κ1) is 13.7. The Bertz CT molecular complexity index is 774. The predicted molar refractivity (Wildman–Crippen MR) is 86.3 cm³/mol. The summed E-state index contributed by atoms with van der Waals surface area (Å²) in [6.45, 7) is 3.20. The van der Waals surface area contributed by atoms with Gasteiger partial charge < -0.3 is 15.0 Å². The molecule has 0 unspecified atom stereocenters. The Morgan fingerprint density at radius 1 is 1.10 bits per heavy atom. The summed E-state index contributed by atoms with van der Waals surface area (Å²) in [6, 6.07) is 16.6. The molecule has 108 valence electrons. The van der Waals surface area contributed by atoms with Gasteiger partial charge in [0.1, 0.15) is 12.4 Å². The molecule has 0 saturated carbocycles. The number of fused-ring (bicyclic) bond motifs is 1. The van der Waals surface area contributed by atoms with E-state index in [2.05, 4.69) is 54.9 Å². The zero-order valence-corrected chi connectivity index (χ0v) is 12.5. The van der Waals surface area contributed by atoms with Crippen molar-refractivity contribution in [2.75, 3.05) is 0 Å². The highest BCUT2D eigenvalue weighted by Crippen LogP contribution is 2.22. The lowest BCUT2D eigenvalue weighted by Crippen LogP contribution is -2.01. The van der Waals surface area contributed by atoms with Crippen LogP contribution in [0.3, 0.4) is 0 Å². The first-order valence-corrected chi connectivity index (χ1v) is 7.14. The molecule has 1 heterocycles. The van der Waals surface area contributed by atoms with Gasteiger partial charge in [0.05, 0.1) is 5.69 Å². The first-order chi connectivity index (χ1) is 10.2. The maximum atomic E-state index is 5.89. The van der Waals surface area contributed by atoms with E-state index in [1.54, 1.807) is 0 Å². The van der Waals surface area contributed by atoms with Gasteiger partial charge in [0, 0.05) is 24.5 Å². The van der Waals surface area contributed by atoms with Crippen molar-refractivity contribution in [1.82, 2.24) is 4.57 Å². The number of rotatable bonds is 4. The zero-order valence-electron chi connectivity index (χ0n) is 12.5. The van der Waals surface area contributed by atoms with Gasteiger partial charge in [0.2, 0.25) is 0 Å². The van der Waals surface area contributed by atoms with Crippen LogP contribution in [0.4, 0.5) is 0 Å². The van der Waals surface area contributed by atoms with Crippen LogP contribution in [0.1, 0.15) is 16.8 Å². The van der Waals surface area contributed by atoms with Gasteiger partial charge in [-0.15, -0.1) is 0 Å². The Labute approximate surface area is 125 Å². The summed E-state index contributed by atoms with van der Waals surface area (Å²) in [5, 5.41) is 1.21. The molecule has 0 bridgehead atoms. The second-order valence-electron chi connectivity index (χ2n) is 5.40. The molecule has 3 aromatic rings. The number of nitrogens with two attached hydrogens (primary N) is 1. The van der Waals surface area contributed by atoms with Crippen LogP contribution in [0.25, 0.3) is 10.9 Å². The van der Waals surface area contributed by atoms with E-state index < -0.39 is 0 Å². The lowest BCUT2D eigenvalue weighted by Gasteiger charge is -2.08. The minimum Gasteiger partial charge on any atom is -0.487 e. The quantitative estimate of drug-likeness (QED) is 0.794. The first-order valence-electron chi connectivity index (χ1n) is 7.14. The average Bonchev–Trinajstić information content (AvgIpc) is 2.81. The summed E-state index contributed by atoms with van der Waals surface area (Å²) in [4.78, 5) is 0. The fourth-order valence-corrected chi connectivity index (χ4v) is 2.58. The number of hydrogen-bond acceptors (Lipinski definition) is 2. The van der Waals surface area contributed by atoms with Crippen molar-refractivity contribution in [2.24, 2.45) is 12.8 Å². The number of aromatic nitrogens is 1. The number of nitrogens with zero attached hydrogens (tertiary/aromatic N) is 1. The molecule has 0 aliphatic rings. The van der Waals surface area contributed by atoms with Crippen LogP contribution in [0.2, 0.25) is 0 Å². The Hall–Kier alpha value is -2.26. The van der Waals surface area contributed by atoms with E-state index in [1.807, 2.05) is 12.1 Å². The van der Waals surface area contributed by atoms with Crippen LogP contribution in [0.5, 0.6) is 5.75 Å². The maximum Gasteiger partial charge on any atom is 0.128 e. The molecule has 3 rings (SSSR count). The van der Waals surface area contributed by atoms with Crippen LogP contribution >= 0.6 is 0 Å². The van der Waals surface area contributed by atoms with E-state index in [9.17, 15) is 0 Å². The minimum absolute atomic E-state index is 0.562. The molecule has 3 nitrogen and oxygen atoms in total. The summed E-state index contributed by atoms with van der Waals surface area (Å²) < 4.78 is 8.07. The van der Waals surface area contributed by atoms with Crippen molar-refractivity contribution in [3.05, 3.63) is 65.4 Å². The van der Waals surface area contributed by atoms with E-state index in [0.29, 0.717) is 13.2 Å². The molecular formula is C18H20N2O. The molecule has 0 spiro atoms. The standard InChI is InChI=1S/C18H20N2O/c1-13-4-3-5-17(8-13)21-12-16-10-15-9-14(11-19)6-7-18(15)20(16)2/h3-10H,11-12,19H2,1-2H3. The highest BCUT2D eigenvalue weighted by atomic mass is 16.5. The topological polar surface area (TPSA) is 40.2 Å². The van der Waals surface area contributed by atoms with Gasteiger partial charge in [0.15, 0.2) is 0 Å². The monoisotopic (exact) mass is 280 g/mol. The summed E-state index contributed by atoms with van der Waals surface area (Å²) in [5.74, 6) is 0.905. The third-order valence-corrected chi connectivity index (χ3v) is 3.82. The van der Waals surface area contributed by atoms with Crippen LogP contribution in [-0.2, 0) is 20.2 Å². The van der Waals surface area contributed by atoms with Gasteiger partial charge in [0.25, 0.3) is 0 Å². The average molecular weight is 280 g/mol. The summed E-state index contributed by atoms with van der Waals surface area (Å²) >= 11 is 0. The van der Waals surface area contributed by atoms with Gasteiger partial charge in [-0.05, 0) is 48.4 Å². The summed E-state index contributed by atoms with van der Waals surface area (Å²) in [7, 11) is 2.07. The van der Waals surface area contributed by atoms with E-state index in [4.69, 9.17) is 10.5 Å². The smallest absolute Gasteiger partial charge is 0.128 e. The van der Waals surface area contributed by atoms with Crippen molar-refractivity contribution in [2.45, 2.75) is 20.1 Å². The summed E-state index contributed by atoms with van der Waals surface area (Å²) in [5.41, 5.74) is 10.4. The number of aryl methyl sites for hydroxylation is 2. The Morgan fingerprint density at radius 2 is 1.95 bits per heavy atom. The lowest BCUT2D eigenvalue weighted by molar-refractivity contribution is 0.297. The molecule has 1 aromatic heterocycles. The van der Waals surface area contributed by atoms with Crippen molar-refractivity contribution in [3.63, 3.8) is 0 Å². The van der Waals surface area contributed by atoms with Gasteiger partial charge in [-0.3, -0.25) is 0 Å². The van der Waals surface area contributed by atoms with Crippen LogP contribution in [0.15, 0.2) is 48.5 Å². The van der Waals surface area contributed by atoms with Gasteiger partial charge in [-0.2, -0.15) is 0 Å². The molecule has 0 fully saturated rings. The number of hydrogen-bond donors (Lipinski definition) is 1. The molecular weight excluding hydrogens is 260 g/mol. The maximum absolute atomic E-state index is 5.89.